The first kappa shape index (κ1) is 14.0. The second kappa shape index (κ2) is 5.44. The Labute approximate surface area is 127 Å². The first-order valence-electron chi connectivity index (χ1n) is 6.85. The van der Waals surface area contributed by atoms with Gasteiger partial charge >= 0.3 is 12.1 Å². The zero-order valence-electron chi connectivity index (χ0n) is 11.4. The van der Waals surface area contributed by atoms with Gasteiger partial charge in [-0.3, -0.25) is 0 Å². The average Bonchev–Trinajstić information content (AvgIpc) is 2.83. The zero-order chi connectivity index (χ0) is 14.9. The highest BCUT2D eigenvalue weighted by Gasteiger charge is 2.43. The lowest BCUT2D eigenvalue weighted by atomic mass is 9.92. The number of urea groups is 1. The predicted molar refractivity (Wildman–Crippen MR) is 78.5 cm³/mol. The van der Waals surface area contributed by atoms with Crippen LogP contribution in [0.1, 0.15) is 12.8 Å². The number of hydrogen-bond donors (Lipinski definition) is 2. The molecule has 0 atom stereocenters. The maximum absolute atomic E-state index is 12.2. The molecule has 21 heavy (non-hydrogen) atoms. The number of amides is 3. The van der Waals surface area contributed by atoms with Crippen LogP contribution in [0.4, 0.5) is 15.3 Å². The number of likely N-dealkylation sites (tertiary alicyclic amines) is 1. The van der Waals surface area contributed by atoms with E-state index in [0.717, 1.165) is 0 Å². The summed E-state index contributed by atoms with van der Waals surface area (Å²) in [6, 6.07) is 6.82. The van der Waals surface area contributed by atoms with Crippen LogP contribution in [-0.4, -0.2) is 42.3 Å². The van der Waals surface area contributed by atoms with Crippen molar-refractivity contribution in [2.24, 2.45) is 0 Å². The van der Waals surface area contributed by atoms with Gasteiger partial charge in [0.25, 0.3) is 0 Å². The highest BCUT2D eigenvalue weighted by atomic mass is 35.5. The van der Waals surface area contributed by atoms with E-state index in [0.29, 0.717) is 43.2 Å². The van der Waals surface area contributed by atoms with Crippen LogP contribution in [0.2, 0.25) is 5.02 Å². The Balaban J connectivity index is 1.55. The highest BCUT2D eigenvalue weighted by Crippen LogP contribution is 2.29. The van der Waals surface area contributed by atoms with E-state index < -0.39 is 5.60 Å². The second-order valence-corrected chi connectivity index (χ2v) is 5.79. The molecule has 0 radical (unpaired) electrons. The van der Waals surface area contributed by atoms with Crippen molar-refractivity contribution in [1.29, 1.82) is 0 Å². The monoisotopic (exact) mass is 309 g/mol. The number of nitrogens with zero attached hydrogens (tertiary/aromatic N) is 1. The number of nitrogens with one attached hydrogen (secondary N) is 2. The molecule has 0 aliphatic carbocycles. The van der Waals surface area contributed by atoms with E-state index in [1.807, 2.05) is 0 Å². The molecule has 7 heteroatoms. The fraction of sp³-hybridized carbons (Fsp3) is 0.429. The van der Waals surface area contributed by atoms with Crippen LogP contribution in [0.3, 0.4) is 0 Å². The minimum atomic E-state index is -0.436. The van der Waals surface area contributed by atoms with Crippen LogP contribution in [0.25, 0.3) is 0 Å². The van der Waals surface area contributed by atoms with Crippen molar-refractivity contribution < 1.29 is 14.3 Å². The predicted octanol–water partition coefficient (Wildman–Crippen LogP) is 2.45. The van der Waals surface area contributed by atoms with Crippen molar-refractivity contribution in [3.05, 3.63) is 29.3 Å². The van der Waals surface area contributed by atoms with Gasteiger partial charge in [-0.1, -0.05) is 11.6 Å². The van der Waals surface area contributed by atoms with Crippen molar-refractivity contribution in [1.82, 2.24) is 10.2 Å². The van der Waals surface area contributed by atoms with Crippen LogP contribution in [0.5, 0.6) is 0 Å². The lowest BCUT2D eigenvalue weighted by molar-refractivity contribution is 0.0110. The van der Waals surface area contributed by atoms with Gasteiger partial charge in [-0.15, -0.1) is 0 Å². The number of rotatable bonds is 1. The summed E-state index contributed by atoms with van der Waals surface area (Å²) >= 11 is 5.81. The minimum absolute atomic E-state index is 0.149. The third kappa shape index (κ3) is 3.05. The van der Waals surface area contributed by atoms with Gasteiger partial charge in [0.1, 0.15) is 5.60 Å². The van der Waals surface area contributed by atoms with Gasteiger partial charge in [0.05, 0.1) is 6.54 Å². The summed E-state index contributed by atoms with van der Waals surface area (Å²) in [4.78, 5) is 25.1. The first-order valence-corrected chi connectivity index (χ1v) is 7.23. The number of carbonyl (C=O) groups excluding carboxylic acids is 2. The molecule has 6 nitrogen and oxygen atoms in total. The minimum Gasteiger partial charge on any atom is -0.441 e. The molecule has 2 aliphatic heterocycles. The second-order valence-electron chi connectivity index (χ2n) is 5.35. The molecule has 0 aromatic heterocycles. The molecule has 0 saturated carbocycles. The summed E-state index contributed by atoms with van der Waals surface area (Å²) in [5, 5.41) is 6.14. The number of carbonyl (C=O) groups is 2. The zero-order valence-corrected chi connectivity index (χ0v) is 12.2. The van der Waals surface area contributed by atoms with Gasteiger partial charge in [-0.05, 0) is 24.3 Å². The van der Waals surface area contributed by atoms with Crippen molar-refractivity contribution in [3.8, 4) is 0 Å². The Morgan fingerprint density at radius 2 is 1.95 bits per heavy atom. The van der Waals surface area contributed by atoms with E-state index in [9.17, 15) is 9.59 Å². The normalized spacial score (nSPS) is 20.0. The molecule has 3 amide bonds. The summed E-state index contributed by atoms with van der Waals surface area (Å²) < 4.78 is 5.33. The number of hydrogen-bond acceptors (Lipinski definition) is 3. The fourth-order valence-electron chi connectivity index (χ4n) is 2.63. The first-order chi connectivity index (χ1) is 10.1. The van der Waals surface area contributed by atoms with Gasteiger partial charge in [0, 0.05) is 36.6 Å². The molecule has 1 aromatic carbocycles. The number of halogens is 1. The lowest BCUT2D eigenvalue weighted by Gasteiger charge is -2.37. The maximum Gasteiger partial charge on any atom is 0.407 e. The van der Waals surface area contributed by atoms with Crippen molar-refractivity contribution in [2.45, 2.75) is 18.4 Å². The van der Waals surface area contributed by atoms with Gasteiger partial charge in [-0.25, -0.2) is 9.59 Å². The molecule has 2 N–H and O–H groups in total. The molecule has 0 bridgehead atoms. The standard InChI is InChI=1S/C14H16ClN3O3/c15-10-1-3-11(4-2-10)17-12(19)18-7-5-14(6-8-18)9-16-13(20)21-14/h1-4H,5-9H2,(H,16,20)(H,17,19). The molecule has 112 valence electrons. The van der Waals surface area contributed by atoms with Crippen molar-refractivity contribution >= 4 is 29.4 Å². The number of ether oxygens (including phenoxy) is 1. The van der Waals surface area contributed by atoms with E-state index in [4.69, 9.17) is 16.3 Å². The number of benzene rings is 1. The maximum atomic E-state index is 12.2. The SMILES string of the molecule is O=C1NCC2(CCN(C(=O)Nc3ccc(Cl)cc3)CC2)O1. The summed E-state index contributed by atoms with van der Waals surface area (Å²) in [5.74, 6) is 0. The quantitative estimate of drug-likeness (QED) is 0.837. The summed E-state index contributed by atoms with van der Waals surface area (Å²) in [5.41, 5.74) is 0.271. The van der Waals surface area contributed by atoms with E-state index in [1.165, 1.54) is 0 Å². The average molecular weight is 310 g/mol. The van der Waals surface area contributed by atoms with Crippen LogP contribution < -0.4 is 10.6 Å². The van der Waals surface area contributed by atoms with Crippen molar-refractivity contribution in [3.63, 3.8) is 0 Å². The Morgan fingerprint density at radius 3 is 2.52 bits per heavy atom. The summed E-state index contributed by atoms with van der Waals surface area (Å²) in [7, 11) is 0. The third-order valence-electron chi connectivity index (χ3n) is 3.92. The molecular formula is C14H16ClN3O3. The summed E-state index contributed by atoms with van der Waals surface area (Å²) in [6.45, 7) is 1.65. The summed E-state index contributed by atoms with van der Waals surface area (Å²) in [6.07, 6.45) is 0.939. The van der Waals surface area contributed by atoms with E-state index >= 15 is 0 Å². The van der Waals surface area contributed by atoms with Gasteiger partial charge < -0.3 is 20.3 Å². The molecule has 0 unspecified atom stereocenters. The van der Waals surface area contributed by atoms with E-state index in [1.54, 1.807) is 29.2 Å². The molecule has 2 fully saturated rings. The molecule has 2 saturated heterocycles. The van der Waals surface area contributed by atoms with E-state index in [2.05, 4.69) is 10.6 Å². The topological polar surface area (TPSA) is 70.7 Å². The van der Waals surface area contributed by atoms with Crippen LogP contribution in [0.15, 0.2) is 24.3 Å². The van der Waals surface area contributed by atoms with Gasteiger partial charge in [0.15, 0.2) is 0 Å². The molecular weight excluding hydrogens is 294 g/mol. The van der Waals surface area contributed by atoms with Gasteiger partial charge in [-0.2, -0.15) is 0 Å². The third-order valence-corrected chi connectivity index (χ3v) is 4.17. The van der Waals surface area contributed by atoms with Gasteiger partial charge in [0.2, 0.25) is 0 Å². The molecule has 1 spiro atoms. The molecule has 3 rings (SSSR count). The van der Waals surface area contributed by atoms with E-state index in [-0.39, 0.29) is 12.1 Å². The lowest BCUT2D eigenvalue weighted by Crippen LogP contribution is -2.49. The number of anilines is 1. The van der Waals surface area contributed by atoms with Crippen molar-refractivity contribution in [2.75, 3.05) is 25.0 Å². The largest absolute Gasteiger partial charge is 0.441 e. The fourth-order valence-corrected chi connectivity index (χ4v) is 2.76. The molecule has 2 aliphatic rings. The Morgan fingerprint density at radius 1 is 1.29 bits per heavy atom. The van der Waals surface area contributed by atoms with Crippen LogP contribution >= 0.6 is 11.6 Å². The Kier molecular flexibility index (Phi) is 3.63. The number of piperidine rings is 1. The Bertz CT molecular complexity index is 553. The molecule has 1 aromatic rings. The smallest absolute Gasteiger partial charge is 0.407 e. The number of alkyl carbamates (subject to hydrolysis) is 1. The highest BCUT2D eigenvalue weighted by molar-refractivity contribution is 6.30. The van der Waals surface area contributed by atoms with Crippen LogP contribution in [0, 0.1) is 0 Å². The Hall–Kier alpha value is -1.95. The molecule has 2 heterocycles. The van der Waals surface area contributed by atoms with Crippen LogP contribution in [-0.2, 0) is 4.74 Å².